The van der Waals surface area contributed by atoms with Gasteiger partial charge in [0, 0.05) is 26.2 Å². The van der Waals surface area contributed by atoms with E-state index in [1.54, 1.807) is 4.31 Å². The lowest BCUT2D eigenvalue weighted by Gasteiger charge is -2.45. The summed E-state index contributed by atoms with van der Waals surface area (Å²) in [6.45, 7) is 2.49. The van der Waals surface area contributed by atoms with E-state index in [2.05, 4.69) is 0 Å². The highest BCUT2D eigenvalue weighted by Crippen LogP contribution is 2.39. The fourth-order valence-corrected chi connectivity index (χ4v) is 5.52. The van der Waals surface area contributed by atoms with Gasteiger partial charge in [0.05, 0.1) is 11.8 Å². The number of rotatable bonds is 2. The van der Waals surface area contributed by atoms with Gasteiger partial charge in [-0.3, -0.25) is 4.79 Å². The number of hydrogen-bond donors (Lipinski definition) is 0. The largest absolute Gasteiger partial charge is 0.368 e. The lowest BCUT2D eigenvalue weighted by Crippen LogP contribution is -2.59. The molecule has 3 rings (SSSR count). The highest BCUT2D eigenvalue weighted by atomic mass is 32.2. The summed E-state index contributed by atoms with van der Waals surface area (Å²) < 4.78 is 31.2. The van der Waals surface area contributed by atoms with Crippen LogP contribution in [0.2, 0.25) is 0 Å². The van der Waals surface area contributed by atoms with Crippen molar-refractivity contribution in [2.75, 3.05) is 32.5 Å². The highest BCUT2D eigenvalue weighted by molar-refractivity contribution is 7.88. The van der Waals surface area contributed by atoms with Crippen molar-refractivity contribution in [3.8, 4) is 0 Å². The van der Waals surface area contributed by atoms with E-state index in [4.69, 9.17) is 4.74 Å². The molecule has 3 saturated heterocycles. The fraction of sp³-hybridized carbons (Fsp3) is 0.929. The minimum absolute atomic E-state index is 0.0481. The van der Waals surface area contributed by atoms with E-state index < -0.39 is 10.0 Å². The molecule has 0 aliphatic carbocycles. The average Bonchev–Trinajstić information content (AvgIpc) is 3.07. The number of likely N-dealkylation sites (tertiary alicyclic amines) is 1. The number of ether oxygens (including phenoxy) is 1. The summed E-state index contributed by atoms with van der Waals surface area (Å²) in [6.07, 6.45) is 6.15. The SMILES string of the molecule is CS(=O)(=O)N1CCC[C@@]12CCCN(C(=O)[C@@H]1CCCO1)C2. The number of nitrogens with zero attached hydrogens (tertiary/aromatic N) is 2. The van der Waals surface area contributed by atoms with Crippen LogP contribution in [-0.4, -0.2) is 67.7 Å². The molecule has 0 aromatic carbocycles. The van der Waals surface area contributed by atoms with Crippen molar-refractivity contribution in [2.24, 2.45) is 0 Å². The van der Waals surface area contributed by atoms with Crippen LogP contribution in [0, 0.1) is 0 Å². The van der Waals surface area contributed by atoms with E-state index in [1.165, 1.54) is 6.26 Å². The first-order valence-electron chi connectivity index (χ1n) is 7.81. The van der Waals surface area contributed by atoms with Gasteiger partial charge in [0.2, 0.25) is 10.0 Å². The Morgan fingerprint density at radius 1 is 1.19 bits per heavy atom. The number of amides is 1. The Morgan fingerprint density at radius 3 is 2.52 bits per heavy atom. The molecule has 3 heterocycles. The number of carbonyl (C=O) groups excluding carboxylic acids is 1. The zero-order chi connectivity index (χ0) is 15.1. The van der Waals surface area contributed by atoms with Gasteiger partial charge in [-0.25, -0.2) is 8.42 Å². The minimum Gasteiger partial charge on any atom is -0.368 e. The zero-order valence-electron chi connectivity index (χ0n) is 12.6. The molecule has 0 saturated carbocycles. The quantitative estimate of drug-likeness (QED) is 0.747. The van der Waals surface area contributed by atoms with E-state index in [9.17, 15) is 13.2 Å². The van der Waals surface area contributed by atoms with Crippen LogP contribution in [0.25, 0.3) is 0 Å². The maximum atomic E-state index is 12.5. The van der Waals surface area contributed by atoms with Crippen LogP contribution in [0.4, 0.5) is 0 Å². The molecular weight excluding hydrogens is 292 g/mol. The predicted octanol–water partition coefficient (Wildman–Crippen LogP) is 0.582. The Hall–Kier alpha value is -0.660. The molecule has 2 atom stereocenters. The lowest BCUT2D eigenvalue weighted by atomic mass is 9.87. The van der Waals surface area contributed by atoms with Crippen LogP contribution in [-0.2, 0) is 19.6 Å². The molecular formula is C14H24N2O4S. The van der Waals surface area contributed by atoms with Crippen LogP contribution in [0.3, 0.4) is 0 Å². The minimum atomic E-state index is -3.21. The Balaban J connectivity index is 1.77. The van der Waals surface area contributed by atoms with Crippen LogP contribution < -0.4 is 0 Å². The second kappa shape index (κ2) is 5.52. The van der Waals surface area contributed by atoms with Gasteiger partial charge in [-0.2, -0.15) is 4.31 Å². The molecule has 1 spiro atoms. The van der Waals surface area contributed by atoms with Crippen molar-refractivity contribution in [3.63, 3.8) is 0 Å². The monoisotopic (exact) mass is 316 g/mol. The van der Waals surface area contributed by atoms with Gasteiger partial charge in [0.15, 0.2) is 0 Å². The normalized spacial score (nSPS) is 34.7. The van der Waals surface area contributed by atoms with E-state index in [-0.39, 0.29) is 17.6 Å². The first-order chi connectivity index (χ1) is 9.92. The summed E-state index contributed by atoms with van der Waals surface area (Å²) in [5.41, 5.74) is -0.375. The van der Waals surface area contributed by atoms with Crippen molar-refractivity contribution in [2.45, 2.75) is 50.2 Å². The summed E-state index contributed by atoms with van der Waals surface area (Å²) >= 11 is 0. The van der Waals surface area contributed by atoms with Crippen LogP contribution in [0.15, 0.2) is 0 Å². The van der Waals surface area contributed by atoms with Gasteiger partial charge < -0.3 is 9.64 Å². The number of piperidine rings is 1. The third kappa shape index (κ3) is 2.83. The molecule has 0 aromatic rings. The Bertz CT molecular complexity index is 515. The van der Waals surface area contributed by atoms with E-state index >= 15 is 0 Å². The molecule has 3 aliphatic heterocycles. The lowest BCUT2D eigenvalue weighted by molar-refractivity contribution is -0.144. The van der Waals surface area contributed by atoms with Gasteiger partial charge in [0.1, 0.15) is 6.10 Å². The molecule has 0 N–H and O–H groups in total. The highest BCUT2D eigenvalue weighted by Gasteiger charge is 2.49. The maximum Gasteiger partial charge on any atom is 0.251 e. The molecule has 0 unspecified atom stereocenters. The van der Waals surface area contributed by atoms with Crippen molar-refractivity contribution in [1.29, 1.82) is 0 Å². The van der Waals surface area contributed by atoms with Gasteiger partial charge in [-0.1, -0.05) is 0 Å². The fourth-order valence-electron chi connectivity index (χ4n) is 4.12. The van der Waals surface area contributed by atoms with Gasteiger partial charge in [-0.15, -0.1) is 0 Å². The summed E-state index contributed by atoms with van der Waals surface area (Å²) in [4.78, 5) is 14.4. The Morgan fingerprint density at radius 2 is 1.90 bits per heavy atom. The molecule has 6 nitrogen and oxygen atoms in total. The first kappa shape index (κ1) is 15.2. The molecule has 120 valence electrons. The maximum absolute atomic E-state index is 12.5. The first-order valence-corrected chi connectivity index (χ1v) is 9.65. The summed E-state index contributed by atoms with van der Waals surface area (Å²) in [5.74, 6) is 0.0481. The summed E-state index contributed by atoms with van der Waals surface area (Å²) in [5, 5.41) is 0. The number of sulfonamides is 1. The third-order valence-corrected chi connectivity index (χ3v) is 6.38. The van der Waals surface area contributed by atoms with E-state index in [0.29, 0.717) is 19.7 Å². The van der Waals surface area contributed by atoms with Crippen LogP contribution in [0.1, 0.15) is 38.5 Å². The molecule has 7 heteroatoms. The number of hydrogen-bond acceptors (Lipinski definition) is 4. The molecule has 1 amide bonds. The van der Waals surface area contributed by atoms with Crippen LogP contribution in [0.5, 0.6) is 0 Å². The van der Waals surface area contributed by atoms with Gasteiger partial charge in [-0.05, 0) is 38.5 Å². The molecule has 0 bridgehead atoms. The molecule has 3 fully saturated rings. The molecule has 21 heavy (non-hydrogen) atoms. The second-order valence-corrected chi connectivity index (χ2v) is 8.43. The second-order valence-electron chi connectivity index (χ2n) is 6.53. The third-order valence-electron chi connectivity index (χ3n) is 5.00. The zero-order valence-corrected chi connectivity index (χ0v) is 13.4. The summed E-state index contributed by atoms with van der Waals surface area (Å²) in [6, 6.07) is 0. The average molecular weight is 316 g/mol. The van der Waals surface area contributed by atoms with Crippen molar-refractivity contribution in [3.05, 3.63) is 0 Å². The van der Waals surface area contributed by atoms with Crippen LogP contribution >= 0.6 is 0 Å². The van der Waals surface area contributed by atoms with Crippen molar-refractivity contribution in [1.82, 2.24) is 9.21 Å². The van der Waals surface area contributed by atoms with Crippen molar-refractivity contribution < 1.29 is 17.9 Å². The molecule has 0 radical (unpaired) electrons. The van der Waals surface area contributed by atoms with E-state index in [1.807, 2.05) is 4.90 Å². The Kier molecular flexibility index (Phi) is 4.00. The summed E-state index contributed by atoms with van der Waals surface area (Å²) in [7, 11) is -3.21. The topological polar surface area (TPSA) is 66.9 Å². The smallest absolute Gasteiger partial charge is 0.251 e. The van der Waals surface area contributed by atoms with E-state index in [0.717, 1.165) is 45.1 Å². The van der Waals surface area contributed by atoms with Crippen molar-refractivity contribution >= 4 is 15.9 Å². The predicted molar refractivity (Wildman–Crippen MR) is 78.3 cm³/mol. The molecule has 0 aromatic heterocycles. The van der Waals surface area contributed by atoms with Gasteiger partial charge >= 0.3 is 0 Å². The Labute approximate surface area is 126 Å². The molecule has 3 aliphatic rings. The number of carbonyl (C=O) groups is 1. The standard InChI is InChI=1S/C14H24N2O4S/c1-21(18,19)16-9-4-7-14(16)6-3-8-15(11-14)13(17)12-5-2-10-20-12/h12H,2-11H2,1H3/t12-,14+/m0/s1. The van der Waals surface area contributed by atoms with Gasteiger partial charge in [0.25, 0.3) is 5.91 Å².